The number of hydrogen-bond donors (Lipinski definition) is 1. The van der Waals surface area contributed by atoms with Crippen molar-refractivity contribution >= 4 is 0 Å². The van der Waals surface area contributed by atoms with Crippen LogP contribution in [0, 0.1) is 0 Å². The van der Waals surface area contributed by atoms with E-state index in [2.05, 4.69) is 33.7 Å². The summed E-state index contributed by atoms with van der Waals surface area (Å²) < 4.78 is 2.20. The van der Waals surface area contributed by atoms with E-state index in [9.17, 15) is 0 Å². The molecule has 96 valence electrons. The van der Waals surface area contributed by atoms with E-state index in [0.29, 0.717) is 6.04 Å². The molecule has 18 heavy (non-hydrogen) atoms. The monoisotopic (exact) mass is 244 g/mol. The van der Waals surface area contributed by atoms with E-state index < -0.39 is 0 Å². The maximum absolute atomic E-state index is 4.20. The van der Waals surface area contributed by atoms with Crippen LogP contribution in [-0.4, -0.2) is 14.5 Å². The van der Waals surface area contributed by atoms with E-state index >= 15 is 0 Å². The standard InChI is InChI=1S/C14H20N4/c1-3-8-18-11-16-9-14(18)10-17-12(2)13-4-6-15-7-5-13/h4-7,9,11-12,17H,3,8,10H2,1-2H3. The van der Waals surface area contributed by atoms with Gasteiger partial charge in [0, 0.05) is 37.7 Å². The number of aromatic nitrogens is 3. The molecule has 0 spiro atoms. The van der Waals surface area contributed by atoms with E-state index in [0.717, 1.165) is 19.5 Å². The van der Waals surface area contributed by atoms with E-state index in [4.69, 9.17) is 0 Å². The van der Waals surface area contributed by atoms with Crippen molar-refractivity contribution in [2.45, 2.75) is 39.4 Å². The Kier molecular flexibility index (Phi) is 4.47. The molecule has 0 aliphatic rings. The highest BCUT2D eigenvalue weighted by atomic mass is 15.1. The number of rotatable bonds is 6. The minimum absolute atomic E-state index is 0.318. The zero-order valence-corrected chi connectivity index (χ0v) is 11.0. The zero-order valence-electron chi connectivity index (χ0n) is 11.0. The third-order valence-electron chi connectivity index (χ3n) is 3.06. The lowest BCUT2D eigenvalue weighted by Crippen LogP contribution is -2.20. The minimum atomic E-state index is 0.318. The molecule has 4 heteroatoms. The van der Waals surface area contributed by atoms with Crippen LogP contribution in [0.2, 0.25) is 0 Å². The van der Waals surface area contributed by atoms with Gasteiger partial charge in [-0.25, -0.2) is 4.98 Å². The first-order valence-electron chi connectivity index (χ1n) is 6.43. The maximum atomic E-state index is 4.20. The second kappa shape index (κ2) is 6.31. The number of hydrogen-bond acceptors (Lipinski definition) is 3. The summed E-state index contributed by atoms with van der Waals surface area (Å²) in [6.45, 7) is 6.21. The van der Waals surface area contributed by atoms with Crippen LogP contribution < -0.4 is 5.32 Å². The average molecular weight is 244 g/mol. The van der Waals surface area contributed by atoms with Gasteiger partial charge < -0.3 is 9.88 Å². The molecule has 2 heterocycles. The first-order chi connectivity index (χ1) is 8.81. The third kappa shape index (κ3) is 3.17. The van der Waals surface area contributed by atoms with Crippen molar-refractivity contribution in [3.8, 4) is 0 Å². The Balaban J connectivity index is 1.93. The number of nitrogens with one attached hydrogen (secondary N) is 1. The SMILES string of the molecule is CCCn1cncc1CNC(C)c1ccncc1. The quantitative estimate of drug-likeness (QED) is 0.849. The molecule has 1 unspecified atom stereocenters. The molecule has 4 nitrogen and oxygen atoms in total. The average Bonchev–Trinajstić information content (AvgIpc) is 2.85. The Bertz CT molecular complexity index is 464. The molecule has 1 N–H and O–H groups in total. The summed E-state index contributed by atoms with van der Waals surface area (Å²) in [6, 6.07) is 4.40. The van der Waals surface area contributed by atoms with Crippen LogP contribution in [0.1, 0.15) is 37.6 Å². The number of pyridine rings is 1. The Morgan fingerprint density at radius 2 is 2.06 bits per heavy atom. The van der Waals surface area contributed by atoms with Crippen molar-refractivity contribution in [2.24, 2.45) is 0 Å². The van der Waals surface area contributed by atoms with Crippen LogP contribution >= 0.6 is 0 Å². The van der Waals surface area contributed by atoms with E-state index in [1.165, 1.54) is 11.3 Å². The molecule has 0 saturated carbocycles. The van der Waals surface area contributed by atoms with Gasteiger partial charge in [0.2, 0.25) is 0 Å². The highest BCUT2D eigenvalue weighted by Crippen LogP contribution is 2.11. The molecule has 0 bridgehead atoms. The van der Waals surface area contributed by atoms with Crippen molar-refractivity contribution in [3.05, 3.63) is 48.3 Å². The Morgan fingerprint density at radius 3 is 2.78 bits per heavy atom. The predicted molar refractivity (Wildman–Crippen MR) is 72.0 cm³/mol. The third-order valence-corrected chi connectivity index (χ3v) is 3.06. The topological polar surface area (TPSA) is 42.7 Å². The molecule has 2 aromatic heterocycles. The fourth-order valence-corrected chi connectivity index (χ4v) is 1.97. The fraction of sp³-hybridized carbons (Fsp3) is 0.429. The molecule has 0 saturated heterocycles. The van der Waals surface area contributed by atoms with Gasteiger partial charge in [0.25, 0.3) is 0 Å². The predicted octanol–water partition coefficient (Wildman–Crippen LogP) is 2.54. The van der Waals surface area contributed by atoms with Crippen molar-refractivity contribution in [3.63, 3.8) is 0 Å². The molecule has 1 atom stereocenters. The van der Waals surface area contributed by atoms with Gasteiger partial charge in [-0.1, -0.05) is 6.92 Å². The number of imidazole rings is 1. The van der Waals surface area contributed by atoms with Gasteiger partial charge in [-0.3, -0.25) is 4.98 Å². The van der Waals surface area contributed by atoms with Crippen LogP contribution in [-0.2, 0) is 13.1 Å². The highest BCUT2D eigenvalue weighted by Gasteiger charge is 2.06. The summed E-state index contributed by atoms with van der Waals surface area (Å²) in [6.07, 6.45) is 8.62. The van der Waals surface area contributed by atoms with Gasteiger partial charge in [0.05, 0.1) is 12.0 Å². The molecule has 0 amide bonds. The van der Waals surface area contributed by atoms with Crippen LogP contribution in [0.25, 0.3) is 0 Å². The zero-order chi connectivity index (χ0) is 12.8. The van der Waals surface area contributed by atoms with Crippen LogP contribution in [0.5, 0.6) is 0 Å². The lowest BCUT2D eigenvalue weighted by atomic mass is 10.1. The Hall–Kier alpha value is -1.68. The highest BCUT2D eigenvalue weighted by molar-refractivity contribution is 5.14. The molecular weight excluding hydrogens is 224 g/mol. The molecule has 0 aromatic carbocycles. The van der Waals surface area contributed by atoms with E-state index in [1.807, 2.05) is 37.1 Å². The second-order valence-corrected chi connectivity index (χ2v) is 4.46. The largest absolute Gasteiger partial charge is 0.333 e. The number of aryl methyl sites for hydroxylation is 1. The lowest BCUT2D eigenvalue weighted by molar-refractivity contribution is 0.541. The summed E-state index contributed by atoms with van der Waals surface area (Å²) in [5, 5.41) is 3.51. The van der Waals surface area contributed by atoms with Crippen molar-refractivity contribution in [1.82, 2.24) is 19.9 Å². The fourth-order valence-electron chi connectivity index (χ4n) is 1.97. The van der Waals surface area contributed by atoms with Crippen LogP contribution in [0.4, 0.5) is 0 Å². The molecule has 0 aliphatic carbocycles. The lowest BCUT2D eigenvalue weighted by Gasteiger charge is -2.14. The summed E-state index contributed by atoms with van der Waals surface area (Å²) in [4.78, 5) is 8.24. The maximum Gasteiger partial charge on any atom is 0.0948 e. The van der Waals surface area contributed by atoms with Crippen LogP contribution in [0.3, 0.4) is 0 Å². The van der Waals surface area contributed by atoms with Crippen molar-refractivity contribution < 1.29 is 0 Å². The number of nitrogens with zero attached hydrogens (tertiary/aromatic N) is 3. The molecule has 2 aromatic rings. The molecule has 2 rings (SSSR count). The van der Waals surface area contributed by atoms with Gasteiger partial charge >= 0.3 is 0 Å². The van der Waals surface area contributed by atoms with Gasteiger partial charge in [-0.15, -0.1) is 0 Å². The summed E-state index contributed by atoms with van der Waals surface area (Å²) in [5.74, 6) is 0. The normalized spacial score (nSPS) is 12.6. The Morgan fingerprint density at radius 1 is 1.28 bits per heavy atom. The molecular formula is C14H20N4. The van der Waals surface area contributed by atoms with Gasteiger partial charge in [-0.2, -0.15) is 0 Å². The van der Waals surface area contributed by atoms with Crippen molar-refractivity contribution in [2.75, 3.05) is 0 Å². The van der Waals surface area contributed by atoms with Gasteiger partial charge in [0.1, 0.15) is 0 Å². The summed E-state index contributed by atoms with van der Waals surface area (Å²) in [5.41, 5.74) is 2.49. The van der Waals surface area contributed by atoms with Gasteiger partial charge in [0.15, 0.2) is 0 Å². The second-order valence-electron chi connectivity index (χ2n) is 4.46. The molecule has 0 aliphatic heterocycles. The molecule has 0 radical (unpaired) electrons. The first-order valence-corrected chi connectivity index (χ1v) is 6.43. The Labute approximate surface area is 108 Å². The van der Waals surface area contributed by atoms with Crippen molar-refractivity contribution in [1.29, 1.82) is 0 Å². The molecule has 0 fully saturated rings. The minimum Gasteiger partial charge on any atom is -0.333 e. The van der Waals surface area contributed by atoms with E-state index in [-0.39, 0.29) is 0 Å². The van der Waals surface area contributed by atoms with Gasteiger partial charge in [-0.05, 0) is 31.0 Å². The first kappa shape index (κ1) is 12.8. The van der Waals surface area contributed by atoms with Crippen LogP contribution in [0.15, 0.2) is 37.1 Å². The smallest absolute Gasteiger partial charge is 0.0948 e. The van der Waals surface area contributed by atoms with E-state index in [1.54, 1.807) is 0 Å². The summed E-state index contributed by atoms with van der Waals surface area (Å²) >= 11 is 0. The summed E-state index contributed by atoms with van der Waals surface area (Å²) in [7, 11) is 0.